The van der Waals surface area contributed by atoms with Gasteiger partial charge in [0.25, 0.3) is 5.78 Å². The van der Waals surface area contributed by atoms with Gasteiger partial charge in [-0.25, -0.2) is 4.98 Å². The molecule has 0 aliphatic carbocycles. The molecule has 0 N–H and O–H groups in total. The van der Waals surface area contributed by atoms with Crippen molar-refractivity contribution in [1.29, 1.82) is 0 Å². The molecule has 5 nitrogen and oxygen atoms in total. The minimum absolute atomic E-state index is 0.656. The highest BCUT2D eigenvalue weighted by Gasteiger charge is 2.10. The van der Waals surface area contributed by atoms with Gasteiger partial charge in [0.2, 0.25) is 0 Å². The molecule has 2 heterocycles. The van der Waals surface area contributed by atoms with Gasteiger partial charge in [0.05, 0.1) is 0 Å². The van der Waals surface area contributed by atoms with Crippen molar-refractivity contribution in [1.82, 2.24) is 19.6 Å². The molecule has 2 rings (SSSR count). The first kappa shape index (κ1) is 11.3. The first-order valence-electron chi connectivity index (χ1n) is 5.24. The van der Waals surface area contributed by atoms with Crippen LogP contribution in [0.25, 0.3) is 5.78 Å². The molecular formula is C10H14BrN5. The largest absolute Gasteiger partial charge is 0.356 e. The summed E-state index contributed by atoms with van der Waals surface area (Å²) in [7, 11) is 0. The number of fused-ring (bicyclic) bond motifs is 1. The van der Waals surface area contributed by atoms with Gasteiger partial charge in [-0.2, -0.15) is 14.6 Å². The van der Waals surface area contributed by atoms with E-state index in [1.165, 1.54) is 6.33 Å². The van der Waals surface area contributed by atoms with E-state index >= 15 is 0 Å². The highest BCUT2D eigenvalue weighted by atomic mass is 79.9. The topological polar surface area (TPSA) is 46.3 Å². The van der Waals surface area contributed by atoms with Crippen molar-refractivity contribution in [2.75, 3.05) is 23.3 Å². The summed E-state index contributed by atoms with van der Waals surface area (Å²) >= 11 is 3.46. The summed E-state index contributed by atoms with van der Waals surface area (Å²) in [6.45, 7) is 5.97. The van der Waals surface area contributed by atoms with Crippen LogP contribution in [0, 0.1) is 6.92 Å². The van der Waals surface area contributed by atoms with E-state index in [1.807, 2.05) is 13.0 Å². The van der Waals surface area contributed by atoms with Crippen molar-refractivity contribution in [3.8, 4) is 0 Å². The Morgan fingerprint density at radius 1 is 1.50 bits per heavy atom. The molecule has 16 heavy (non-hydrogen) atoms. The van der Waals surface area contributed by atoms with Crippen molar-refractivity contribution >= 4 is 27.5 Å². The van der Waals surface area contributed by atoms with Gasteiger partial charge in [0.15, 0.2) is 0 Å². The molecule has 0 bridgehead atoms. The van der Waals surface area contributed by atoms with Crippen molar-refractivity contribution in [3.05, 3.63) is 18.1 Å². The molecule has 2 aromatic rings. The fourth-order valence-electron chi connectivity index (χ4n) is 1.67. The lowest BCUT2D eigenvalue weighted by molar-refractivity contribution is 0.801. The first-order chi connectivity index (χ1) is 7.76. The van der Waals surface area contributed by atoms with Gasteiger partial charge >= 0.3 is 0 Å². The van der Waals surface area contributed by atoms with Crippen LogP contribution >= 0.6 is 15.9 Å². The van der Waals surface area contributed by atoms with E-state index in [-0.39, 0.29) is 0 Å². The lowest BCUT2D eigenvalue weighted by atomic mass is 10.4. The van der Waals surface area contributed by atoms with Crippen LogP contribution in [0.3, 0.4) is 0 Å². The van der Waals surface area contributed by atoms with Crippen LogP contribution in [0.1, 0.15) is 12.6 Å². The molecule has 0 aliphatic heterocycles. The Bertz CT molecular complexity index is 481. The Hall–Kier alpha value is -1.17. The summed E-state index contributed by atoms with van der Waals surface area (Å²) in [4.78, 5) is 10.7. The maximum absolute atomic E-state index is 4.32. The Morgan fingerprint density at radius 3 is 3.00 bits per heavy atom. The molecule has 0 amide bonds. The third kappa shape index (κ3) is 2.02. The first-order valence-corrected chi connectivity index (χ1v) is 6.36. The van der Waals surface area contributed by atoms with Crippen molar-refractivity contribution in [2.24, 2.45) is 0 Å². The quantitative estimate of drug-likeness (QED) is 0.801. The number of nitrogens with zero attached hydrogens (tertiary/aromatic N) is 5. The van der Waals surface area contributed by atoms with E-state index in [4.69, 9.17) is 0 Å². The summed E-state index contributed by atoms with van der Waals surface area (Å²) in [5, 5.41) is 5.13. The van der Waals surface area contributed by atoms with Gasteiger partial charge in [-0.3, -0.25) is 0 Å². The fourth-order valence-corrected chi connectivity index (χ4v) is 2.10. The maximum Gasteiger partial charge on any atom is 0.254 e. The fraction of sp³-hybridized carbons (Fsp3) is 0.500. The highest BCUT2D eigenvalue weighted by Crippen LogP contribution is 2.15. The molecule has 0 fully saturated rings. The molecule has 2 aromatic heterocycles. The molecule has 86 valence electrons. The monoisotopic (exact) mass is 283 g/mol. The lowest BCUT2D eigenvalue weighted by Gasteiger charge is -2.22. The summed E-state index contributed by atoms with van der Waals surface area (Å²) in [5.74, 6) is 1.70. The third-order valence-corrected chi connectivity index (χ3v) is 2.78. The van der Waals surface area contributed by atoms with Crippen LogP contribution in [0.15, 0.2) is 12.4 Å². The number of anilines is 1. The molecule has 0 aromatic carbocycles. The van der Waals surface area contributed by atoms with Gasteiger partial charge in [-0.05, 0) is 13.8 Å². The second-order valence-corrected chi connectivity index (χ2v) is 4.29. The number of rotatable bonds is 4. The smallest absolute Gasteiger partial charge is 0.254 e. The molecule has 0 saturated heterocycles. The highest BCUT2D eigenvalue weighted by molar-refractivity contribution is 9.09. The van der Waals surface area contributed by atoms with Crippen LogP contribution in [0.2, 0.25) is 0 Å². The van der Waals surface area contributed by atoms with Gasteiger partial charge < -0.3 is 4.90 Å². The summed E-state index contributed by atoms with van der Waals surface area (Å²) in [5.41, 5.74) is 0.962. The van der Waals surface area contributed by atoms with E-state index < -0.39 is 0 Å². The number of alkyl halides is 1. The van der Waals surface area contributed by atoms with E-state index in [9.17, 15) is 0 Å². The lowest BCUT2D eigenvalue weighted by Crippen LogP contribution is -2.27. The number of hydrogen-bond donors (Lipinski definition) is 0. The zero-order valence-corrected chi connectivity index (χ0v) is 11.0. The van der Waals surface area contributed by atoms with Crippen LogP contribution < -0.4 is 4.90 Å². The van der Waals surface area contributed by atoms with Crippen molar-refractivity contribution in [2.45, 2.75) is 13.8 Å². The van der Waals surface area contributed by atoms with E-state index in [1.54, 1.807) is 4.52 Å². The van der Waals surface area contributed by atoms with E-state index in [0.717, 1.165) is 29.9 Å². The van der Waals surface area contributed by atoms with Crippen molar-refractivity contribution < 1.29 is 0 Å². The van der Waals surface area contributed by atoms with Crippen molar-refractivity contribution in [3.63, 3.8) is 0 Å². The number of halogens is 1. The standard InChI is InChI=1S/C10H14BrN5/c1-3-15(5-4-11)9-6-8(2)14-10-12-7-13-16(9)10/h6-7H,3-5H2,1-2H3. The Balaban J connectivity index is 2.52. The number of aromatic nitrogens is 4. The van der Waals surface area contributed by atoms with E-state index in [2.05, 4.69) is 42.8 Å². The second-order valence-electron chi connectivity index (χ2n) is 3.50. The van der Waals surface area contributed by atoms with Gasteiger partial charge in [0.1, 0.15) is 12.1 Å². The molecule has 0 atom stereocenters. The zero-order valence-electron chi connectivity index (χ0n) is 9.39. The molecule has 0 aliphatic rings. The minimum atomic E-state index is 0.656. The number of hydrogen-bond acceptors (Lipinski definition) is 4. The maximum atomic E-state index is 4.32. The average Bonchev–Trinajstić information content (AvgIpc) is 2.72. The summed E-state index contributed by atoms with van der Waals surface area (Å²) < 4.78 is 1.78. The SMILES string of the molecule is CCN(CCBr)c1cc(C)nc2ncnn12. The molecule has 0 unspecified atom stereocenters. The molecule has 0 spiro atoms. The zero-order chi connectivity index (χ0) is 11.5. The normalized spacial score (nSPS) is 10.9. The van der Waals surface area contributed by atoms with Gasteiger partial charge in [-0.15, -0.1) is 0 Å². The van der Waals surface area contributed by atoms with E-state index in [0.29, 0.717) is 5.78 Å². The Kier molecular flexibility index (Phi) is 3.38. The van der Waals surface area contributed by atoms with Crippen LogP contribution in [0.4, 0.5) is 5.82 Å². The predicted molar refractivity (Wildman–Crippen MR) is 67.2 cm³/mol. The van der Waals surface area contributed by atoms with Crippen LogP contribution in [-0.2, 0) is 0 Å². The van der Waals surface area contributed by atoms with Crippen LogP contribution in [-0.4, -0.2) is 38.0 Å². The molecule has 0 saturated carbocycles. The number of aryl methyl sites for hydroxylation is 1. The molecule has 0 radical (unpaired) electrons. The average molecular weight is 284 g/mol. The van der Waals surface area contributed by atoms with Gasteiger partial charge in [-0.1, -0.05) is 15.9 Å². The van der Waals surface area contributed by atoms with Crippen LogP contribution in [0.5, 0.6) is 0 Å². The summed E-state index contributed by atoms with van der Waals surface area (Å²) in [6, 6.07) is 2.04. The molecular weight excluding hydrogens is 270 g/mol. The Morgan fingerprint density at radius 2 is 2.31 bits per heavy atom. The second kappa shape index (κ2) is 4.78. The summed E-state index contributed by atoms with van der Waals surface area (Å²) in [6.07, 6.45) is 1.53. The third-order valence-electron chi connectivity index (χ3n) is 2.42. The molecule has 6 heteroatoms. The minimum Gasteiger partial charge on any atom is -0.356 e. The van der Waals surface area contributed by atoms with Gasteiger partial charge in [0, 0.05) is 30.2 Å². The Labute approximate surface area is 103 Å². The predicted octanol–water partition coefficient (Wildman–Crippen LogP) is 1.65.